The molecule has 0 saturated carbocycles. The summed E-state index contributed by atoms with van der Waals surface area (Å²) in [5, 5.41) is 0. The minimum atomic E-state index is -1.05. The molecular weight excluding hydrogens is 211 g/mol. The fourth-order valence-electron chi connectivity index (χ4n) is 1.47. The zero-order valence-electron chi connectivity index (χ0n) is 10.1. The average molecular weight is 234 g/mol. The van der Waals surface area contributed by atoms with Gasteiger partial charge in [0.15, 0.2) is 0 Å². The zero-order chi connectivity index (χ0) is 11.1. The molecule has 1 aliphatic rings. The van der Waals surface area contributed by atoms with Crippen LogP contribution in [0.1, 0.15) is 46.5 Å². The summed E-state index contributed by atoms with van der Waals surface area (Å²) in [7, 11) is -1.05. The molecule has 1 fully saturated rings. The van der Waals surface area contributed by atoms with Gasteiger partial charge >= 0.3 is 8.60 Å². The van der Waals surface area contributed by atoms with Gasteiger partial charge in [-0.25, -0.2) is 0 Å². The van der Waals surface area contributed by atoms with E-state index in [1.54, 1.807) is 0 Å². The maximum Gasteiger partial charge on any atom is 0.332 e. The number of unbranched alkanes of at least 4 members (excludes halogenated alkanes) is 1. The third-order valence-electron chi connectivity index (χ3n) is 3.15. The van der Waals surface area contributed by atoms with Crippen LogP contribution in [0.5, 0.6) is 0 Å². The van der Waals surface area contributed by atoms with Crippen LogP contribution < -0.4 is 0 Å². The fourth-order valence-corrected chi connectivity index (χ4v) is 2.73. The summed E-state index contributed by atoms with van der Waals surface area (Å²) < 4.78 is 16.8. The molecule has 3 nitrogen and oxygen atoms in total. The molecule has 0 N–H and O–H groups in total. The normalized spacial score (nSPS) is 21.8. The van der Waals surface area contributed by atoms with Crippen LogP contribution >= 0.6 is 8.60 Å². The standard InChI is InChI=1S/C11H23O3P/c1-4-7-8-12-15-13-9-11(5-2,6-3)10-14-15/h4-10H2,1-3H3. The fraction of sp³-hybridized carbons (Fsp3) is 1.00. The molecule has 0 unspecified atom stereocenters. The highest BCUT2D eigenvalue weighted by molar-refractivity contribution is 7.41. The van der Waals surface area contributed by atoms with Crippen LogP contribution in [0.25, 0.3) is 0 Å². The van der Waals surface area contributed by atoms with E-state index in [9.17, 15) is 0 Å². The summed E-state index contributed by atoms with van der Waals surface area (Å²) in [6.45, 7) is 8.88. The van der Waals surface area contributed by atoms with Crippen LogP contribution in [0, 0.1) is 5.41 Å². The van der Waals surface area contributed by atoms with Crippen molar-refractivity contribution in [2.75, 3.05) is 19.8 Å². The molecule has 90 valence electrons. The monoisotopic (exact) mass is 234 g/mol. The summed E-state index contributed by atoms with van der Waals surface area (Å²) >= 11 is 0. The van der Waals surface area contributed by atoms with Gasteiger partial charge in [-0.05, 0) is 19.3 Å². The van der Waals surface area contributed by atoms with E-state index >= 15 is 0 Å². The largest absolute Gasteiger partial charge is 0.332 e. The molecular formula is C11H23O3P. The van der Waals surface area contributed by atoms with Crippen LogP contribution in [0.2, 0.25) is 0 Å². The van der Waals surface area contributed by atoms with E-state index in [0.29, 0.717) is 0 Å². The molecule has 0 spiro atoms. The molecule has 1 rings (SSSR count). The van der Waals surface area contributed by atoms with Crippen LogP contribution in [-0.2, 0) is 13.6 Å². The summed E-state index contributed by atoms with van der Waals surface area (Å²) in [6.07, 6.45) is 4.46. The van der Waals surface area contributed by atoms with Gasteiger partial charge in [0, 0.05) is 5.41 Å². The Hall–Kier alpha value is 0.310. The van der Waals surface area contributed by atoms with E-state index in [0.717, 1.165) is 45.5 Å². The Balaban J connectivity index is 2.22. The van der Waals surface area contributed by atoms with Crippen molar-refractivity contribution in [1.29, 1.82) is 0 Å². The van der Waals surface area contributed by atoms with Gasteiger partial charge in [-0.15, -0.1) is 0 Å². The molecule has 1 saturated heterocycles. The highest BCUT2D eigenvalue weighted by Crippen LogP contribution is 2.48. The van der Waals surface area contributed by atoms with Gasteiger partial charge in [0.25, 0.3) is 0 Å². The molecule has 0 bridgehead atoms. The third kappa shape index (κ3) is 3.99. The van der Waals surface area contributed by atoms with E-state index in [1.807, 2.05) is 0 Å². The Labute approximate surface area is 94.5 Å². The van der Waals surface area contributed by atoms with Crippen molar-refractivity contribution < 1.29 is 13.6 Å². The highest BCUT2D eigenvalue weighted by atomic mass is 31.2. The molecule has 15 heavy (non-hydrogen) atoms. The van der Waals surface area contributed by atoms with Crippen LogP contribution in [-0.4, -0.2) is 19.8 Å². The molecule has 1 heterocycles. The van der Waals surface area contributed by atoms with Gasteiger partial charge in [0.05, 0.1) is 19.8 Å². The van der Waals surface area contributed by atoms with Gasteiger partial charge < -0.3 is 13.6 Å². The molecule has 0 atom stereocenters. The predicted octanol–water partition coefficient (Wildman–Crippen LogP) is 3.88. The van der Waals surface area contributed by atoms with Crippen LogP contribution in [0.15, 0.2) is 0 Å². The zero-order valence-corrected chi connectivity index (χ0v) is 11.0. The lowest BCUT2D eigenvalue weighted by Crippen LogP contribution is -2.33. The minimum Gasteiger partial charge on any atom is -0.312 e. The third-order valence-corrected chi connectivity index (χ3v) is 4.22. The lowest BCUT2D eigenvalue weighted by atomic mass is 9.84. The van der Waals surface area contributed by atoms with E-state index in [4.69, 9.17) is 13.6 Å². The van der Waals surface area contributed by atoms with Crippen molar-refractivity contribution in [3.05, 3.63) is 0 Å². The van der Waals surface area contributed by atoms with Crippen molar-refractivity contribution in [1.82, 2.24) is 0 Å². The minimum absolute atomic E-state index is 0.229. The Morgan fingerprint density at radius 1 is 1.13 bits per heavy atom. The van der Waals surface area contributed by atoms with Gasteiger partial charge in [0.1, 0.15) is 0 Å². The van der Waals surface area contributed by atoms with Crippen molar-refractivity contribution >= 4 is 8.60 Å². The maximum absolute atomic E-state index is 5.64. The quantitative estimate of drug-likeness (QED) is 0.515. The average Bonchev–Trinajstić information content (AvgIpc) is 2.31. The van der Waals surface area contributed by atoms with Crippen LogP contribution in [0.4, 0.5) is 0 Å². The first-order chi connectivity index (χ1) is 7.26. The number of hydrogen-bond acceptors (Lipinski definition) is 3. The van der Waals surface area contributed by atoms with Gasteiger partial charge in [0.2, 0.25) is 0 Å². The van der Waals surface area contributed by atoms with Gasteiger partial charge in [-0.2, -0.15) is 0 Å². The van der Waals surface area contributed by atoms with Crippen molar-refractivity contribution in [3.63, 3.8) is 0 Å². The Morgan fingerprint density at radius 2 is 1.73 bits per heavy atom. The second kappa shape index (κ2) is 6.80. The molecule has 0 amide bonds. The topological polar surface area (TPSA) is 27.7 Å². The molecule has 0 aliphatic carbocycles. The predicted molar refractivity (Wildman–Crippen MR) is 62.7 cm³/mol. The van der Waals surface area contributed by atoms with E-state index < -0.39 is 8.60 Å². The molecule has 4 heteroatoms. The van der Waals surface area contributed by atoms with E-state index in [-0.39, 0.29) is 5.41 Å². The number of hydrogen-bond donors (Lipinski definition) is 0. The maximum atomic E-state index is 5.64. The van der Waals surface area contributed by atoms with E-state index in [2.05, 4.69) is 20.8 Å². The molecule has 0 radical (unpaired) electrons. The summed E-state index contributed by atoms with van der Waals surface area (Å²) in [5.74, 6) is 0. The van der Waals surface area contributed by atoms with Gasteiger partial charge in [-0.3, -0.25) is 0 Å². The lowest BCUT2D eigenvalue weighted by molar-refractivity contribution is 0.00109. The highest BCUT2D eigenvalue weighted by Gasteiger charge is 2.35. The first kappa shape index (κ1) is 13.4. The van der Waals surface area contributed by atoms with Gasteiger partial charge in [-0.1, -0.05) is 27.2 Å². The Bertz CT molecular complexity index is 161. The Morgan fingerprint density at radius 3 is 2.20 bits per heavy atom. The summed E-state index contributed by atoms with van der Waals surface area (Å²) in [5.41, 5.74) is 0.229. The second-order valence-electron chi connectivity index (χ2n) is 4.16. The SMILES string of the molecule is CCCCOP1OCC(CC)(CC)CO1. The van der Waals surface area contributed by atoms with Crippen molar-refractivity contribution in [2.24, 2.45) is 5.41 Å². The smallest absolute Gasteiger partial charge is 0.312 e. The molecule has 0 aromatic heterocycles. The van der Waals surface area contributed by atoms with E-state index in [1.165, 1.54) is 0 Å². The summed E-state index contributed by atoms with van der Waals surface area (Å²) in [6, 6.07) is 0. The molecule has 1 aliphatic heterocycles. The van der Waals surface area contributed by atoms with Crippen molar-refractivity contribution in [2.45, 2.75) is 46.5 Å². The second-order valence-corrected chi connectivity index (χ2v) is 5.39. The van der Waals surface area contributed by atoms with Crippen LogP contribution in [0.3, 0.4) is 0 Å². The van der Waals surface area contributed by atoms with Crippen molar-refractivity contribution in [3.8, 4) is 0 Å². The first-order valence-electron chi connectivity index (χ1n) is 5.95. The molecule has 0 aromatic rings. The Kier molecular flexibility index (Phi) is 6.06. The number of rotatable bonds is 6. The summed E-state index contributed by atoms with van der Waals surface area (Å²) in [4.78, 5) is 0. The molecule has 0 aromatic carbocycles. The lowest BCUT2D eigenvalue weighted by Gasteiger charge is -2.37. The first-order valence-corrected chi connectivity index (χ1v) is 7.04.